The quantitative estimate of drug-likeness (QED) is 0.507. The first-order valence-electron chi connectivity index (χ1n) is 12.4. The molecule has 10 heteroatoms. The Morgan fingerprint density at radius 2 is 1.79 bits per heavy atom. The summed E-state index contributed by atoms with van der Waals surface area (Å²) in [5, 5.41) is 0. The molecule has 0 unspecified atom stereocenters. The molecule has 7 nitrogen and oxygen atoms in total. The molecule has 0 N–H and O–H groups in total. The number of rotatable bonds is 6. The van der Waals surface area contributed by atoms with E-state index >= 15 is 0 Å². The molecule has 38 heavy (non-hydrogen) atoms. The van der Waals surface area contributed by atoms with Crippen LogP contribution >= 0.6 is 0 Å². The Morgan fingerprint density at radius 1 is 1.08 bits per heavy atom. The summed E-state index contributed by atoms with van der Waals surface area (Å²) < 4.78 is 45.2. The molecule has 2 saturated heterocycles. The number of alkyl halides is 3. The molecule has 2 fully saturated rings. The number of piperazine rings is 1. The number of hydrogen-bond acceptors (Lipinski definition) is 4. The highest BCUT2D eigenvalue weighted by atomic mass is 19.4. The molecule has 2 aliphatic rings. The van der Waals surface area contributed by atoms with Crippen LogP contribution in [0.1, 0.15) is 35.6 Å². The van der Waals surface area contributed by atoms with E-state index in [1.54, 1.807) is 17.9 Å². The van der Waals surface area contributed by atoms with Gasteiger partial charge in [-0.2, -0.15) is 13.2 Å². The van der Waals surface area contributed by atoms with Crippen molar-refractivity contribution in [1.29, 1.82) is 0 Å². The number of ether oxygens (including phenoxy) is 1. The summed E-state index contributed by atoms with van der Waals surface area (Å²) in [6.45, 7) is 6.95. The van der Waals surface area contributed by atoms with E-state index in [1.807, 2.05) is 30.3 Å². The van der Waals surface area contributed by atoms with Crippen molar-refractivity contribution in [2.45, 2.75) is 51.8 Å². The van der Waals surface area contributed by atoms with E-state index in [0.29, 0.717) is 18.5 Å². The number of amides is 3. The van der Waals surface area contributed by atoms with Crippen molar-refractivity contribution in [3.8, 4) is 0 Å². The van der Waals surface area contributed by atoms with Crippen LogP contribution < -0.4 is 0 Å². The van der Waals surface area contributed by atoms with Gasteiger partial charge in [-0.3, -0.25) is 14.5 Å². The van der Waals surface area contributed by atoms with E-state index in [9.17, 15) is 27.6 Å². The maximum absolute atomic E-state index is 13.3. The number of aryl methyl sites for hydroxylation is 1. The number of benzene rings is 2. The second-order valence-corrected chi connectivity index (χ2v) is 9.74. The molecule has 2 aromatic carbocycles. The zero-order valence-electron chi connectivity index (χ0n) is 21.3. The van der Waals surface area contributed by atoms with Crippen LogP contribution in [0.25, 0.3) is 0 Å². The van der Waals surface area contributed by atoms with Crippen LogP contribution in [0, 0.1) is 12.8 Å². The fraction of sp³-hybridized carbons (Fsp3) is 0.393. The third-order valence-electron chi connectivity index (χ3n) is 6.90. The van der Waals surface area contributed by atoms with Crippen LogP contribution in [0.3, 0.4) is 0 Å². The molecule has 0 radical (unpaired) electrons. The van der Waals surface area contributed by atoms with Crippen molar-refractivity contribution in [1.82, 2.24) is 14.7 Å². The van der Waals surface area contributed by atoms with Crippen molar-refractivity contribution < 1.29 is 32.3 Å². The largest absolute Gasteiger partial charge is 0.444 e. The van der Waals surface area contributed by atoms with Crippen molar-refractivity contribution in [2.24, 2.45) is 5.92 Å². The summed E-state index contributed by atoms with van der Waals surface area (Å²) in [6, 6.07) is 12.1. The number of halogens is 3. The van der Waals surface area contributed by atoms with E-state index in [-0.39, 0.29) is 37.1 Å². The molecule has 4 rings (SSSR count). The van der Waals surface area contributed by atoms with Crippen LogP contribution in [0.5, 0.6) is 0 Å². The average molecular weight is 530 g/mol. The van der Waals surface area contributed by atoms with Gasteiger partial charge in [-0.05, 0) is 43.5 Å². The van der Waals surface area contributed by atoms with Gasteiger partial charge in [-0.25, -0.2) is 4.79 Å². The second kappa shape index (κ2) is 10.9. The molecular weight excluding hydrogens is 499 g/mol. The lowest BCUT2D eigenvalue weighted by Crippen LogP contribution is -2.72. The zero-order chi connectivity index (χ0) is 27.6. The molecule has 2 aromatic rings. The van der Waals surface area contributed by atoms with Gasteiger partial charge in [-0.15, -0.1) is 6.58 Å². The number of allylic oxidation sites excluding steroid dienone is 1. The Labute approximate surface area is 219 Å². The Kier molecular flexibility index (Phi) is 7.80. The SMILES string of the molecule is C=CC[C@@H]1CN(C(=O)OCc2cc(C)cc(C(F)(F)F)c2)[C@H]2CN(Cc3ccccc3)C(=O)[C@H](C)N2C1=O. The monoisotopic (exact) mass is 529 g/mol. The molecule has 0 aromatic heterocycles. The molecule has 202 valence electrons. The summed E-state index contributed by atoms with van der Waals surface area (Å²) in [4.78, 5) is 44.3. The molecule has 0 bridgehead atoms. The smallest absolute Gasteiger partial charge is 0.416 e. The highest BCUT2D eigenvalue weighted by Gasteiger charge is 2.50. The normalized spacial score (nSPS) is 21.8. The lowest BCUT2D eigenvalue weighted by atomic mass is 9.95. The Hall–Kier alpha value is -3.82. The summed E-state index contributed by atoms with van der Waals surface area (Å²) in [6.07, 6.45) is -4.18. The first-order valence-corrected chi connectivity index (χ1v) is 12.4. The summed E-state index contributed by atoms with van der Waals surface area (Å²) in [5.41, 5.74) is 0.682. The van der Waals surface area contributed by atoms with Crippen LogP contribution in [0.4, 0.5) is 18.0 Å². The first kappa shape index (κ1) is 27.2. The van der Waals surface area contributed by atoms with Gasteiger partial charge in [0.15, 0.2) is 0 Å². The van der Waals surface area contributed by atoms with Crippen LogP contribution in [-0.2, 0) is 33.7 Å². The Bertz CT molecular complexity index is 1220. The molecular formula is C28H30F3N3O4. The molecule has 0 spiro atoms. The van der Waals surface area contributed by atoms with Gasteiger partial charge in [0.05, 0.1) is 18.0 Å². The van der Waals surface area contributed by atoms with Gasteiger partial charge >= 0.3 is 12.3 Å². The van der Waals surface area contributed by atoms with E-state index < -0.39 is 36.0 Å². The topological polar surface area (TPSA) is 70.2 Å². The minimum atomic E-state index is -4.52. The van der Waals surface area contributed by atoms with Gasteiger partial charge in [-0.1, -0.05) is 48.0 Å². The molecule has 0 aliphatic carbocycles. The van der Waals surface area contributed by atoms with Crippen molar-refractivity contribution in [3.63, 3.8) is 0 Å². The first-order chi connectivity index (χ1) is 18.0. The lowest BCUT2D eigenvalue weighted by molar-refractivity contribution is -0.172. The lowest BCUT2D eigenvalue weighted by Gasteiger charge is -2.52. The molecule has 2 heterocycles. The number of carbonyl (C=O) groups excluding carboxylic acids is 3. The van der Waals surface area contributed by atoms with Gasteiger partial charge in [0, 0.05) is 13.1 Å². The van der Waals surface area contributed by atoms with E-state index in [0.717, 1.165) is 17.7 Å². The van der Waals surface area contributed by atoms with Gasteiger partial charge < -0.3 is 14.5 Å². The van der Waals surface area contributed by atoms with Gasteiger partial charge in [0.25, 0.3) is 0 Å². The fourth-order valence-corrected chi connectivity index (χ4v) is 5.11. The molecule has 2 aliphatic heterocycles. The summed E-state index contributed by atoms with van der Waals surface area (Å²) >= 11 is 0. The minimum absolute atomic E-state index is 0.0482. The van der Waals surface area contributed by atoms with E-state index in [1.165, 1.54) is 22.8 Å². The maximum Gasteiger partial charge on any atom is 0.416 e. The molecule has 3 amide bonds. The van der Waals surface area contributed by atoms with E-state index in [2.05, 4.69) is 6.58 Å². The zero-order valence-corrected chi connectivity index (χ0v) is 21.3. The maximum atomic E-state index is 13.3. The van der Waals surface area contributed by atoms with Crippen molar-refractivity contribution in [3.05, 3.63) is 83.4 Å². The van der Waals surface area contributed by atoms with Gasteiger partial charge in [0.1, 0.15) is 18.8 Å². The summed E-state index contributed by atoms with van der Waals surface area (Å²) in [5.74, 6) is -1.08. The highest BCUT2D eigenvalue weighted by Crippen LogP contribution is 2.32. The second-order valence-electron chi connectivity index (χ2n) is 9.74. The third-order valence-corrected chi connectivity index (χ3v) is 6.90. The predicted octanol–water partition coefficient (Wildman–Crippen LogP) is 4.74. The van der Waals surface area contributed by atoms with Crippen LogP contribution in [-0.4, -0.2) is 57.9 Å². The van der Waals surface area contributed by atoms with Crippen LogP contribution in [0.15, 0.2) is 61.2 Å². The van der Waals surface area contributed by atoms with Crippen molar-refractivity contribution >= 4 is 17.9 Å². The number of carbonyl (C=O) groups is 3. The van der Waals surface area contributed by atoms with E-state index in [4.69, 9.17) is 4.74 Å². The highest BCUT2D eigenvalue weighted by molar-refractivity contribution is 5.91. The van der Waals surface area contributed by atoms with Gasteiger partial charge in [0.2, 0.25) is 11.8 Å². The summed E-state index contributed by atoms with van der Waals surface area (Å²) in [7, 11) is 0. The Balaban J connectivity index is 1.57. The number of fused-ring (bicyclic) bond motifs is 1. The standard InChI is InChI=1S/C28H30F3N3O4/c1-4-8-22-15-33(27(37)38-17-21-11-18(2)12-23(13-21)28(29,30)31)24-16-32(14-20-9-6-5-7-10-20)25(35)19(3)34(24)26(22)36/h4-7,9-13,19,22,24H,1,8,14-17H2,2-3H3/t19-,22+,24+/m0/s1. The molecule has 3 atom stereocenters. The van der Waals surface area contributed by atoms with Crippen molar-refractivity contribution in [2.75, 3.05) is 13.1 Å². The molecule has 0 saturated carbocycles. The van der Waals surface area contributed by atoms with Crippen LogP contribution in [0.2, 0.25) is 0 Å². The fourth-order valence-electron chi connectivity index (χ4n) is 5.11. The predicted molar refractivity (Wildman–Crippen MR) is 133 cm³/mol. The minimum Gasteiger partial charge on any atom is -0.444 e. The Morgan fingerprint density at radius 3 is 2.45 bits per heavy atom. The number of hydrogen-bond donors (Lipinski definition) is 0. The average Bonchev–Trinajstić information content (AvgIpc) is 2.87. The third kappa shape index (κ3) is 5.69. The number of nitrogens with zero attached hydrogens (tertiary/aromatic N) is 3.